The van der Waals surface area contributed by atoms with Crippen molar-refractivity contribution in [3.05, 3.63) is 47.3 Å². The molecule has 0 aliphatic rings. The van der Waals surface area contributed by atoms with Crippen LogP contribution in [-0.4, -0.2) is 21.7 Å². The summed E-state index contributed by atoms with van der Waals surface area (Å²) in [6.07, 6.45) is 2.60. The van der Waals surface area contributed by atoms with E-state index in [-0.39, 0.29) is 11.9 Å². The quantitative estimate of drug-likeness (QED) is 0.786. The van der Waals surface area contributed by atoms with Crippen molar-refractivity contribution in [2.45, 2.75) is 33.3 Å². The van der Waals surface area contributed by atoms with Gasteiger partial charge >= 0.3 is 0 Å². The number of hydrogen-bond acceptors (Lipinski definition) is 3. The van der Waals surface area contributed by atoms with Crippen LogP contribution in [0.1, 0.15) is 42.4 Å². The molecule has 1 heterocycles. The summed E-state index contributed by atoms with van der Waals surface area (Å²) in [5.41, 5.74) is 2.12. The first-order valence-corrected chi connectivity index (χ1v) is 6.85. The van der Waals surface area contributed by atoms with Gasteiger partial charge in [0.15, 0.2) is 5.78 Å². The summed E-state index contributed by atoms with van der Waals surface area (Å²) < 4.78 is 7.31. The van der Waals surface area contributed by atoms with E-state index in [0.717, 1.165) is 12.1 Å². The first kappa shape index (κ1) is 14.3. The van der Waals surface area contributed by atoms with Crippen molar-refractivity contribution in [1.29, 1.82) is 0 Å². The molecule has 0 atom stereocenters. The lowest BCUT2D eigenvalue weighted by atomic mass is 10.0. The lowest BCUT2D eigenvalue weighted by Crippen LogP contribution is -2.07. The van der Waals surface area contributed by atoms with E-state index >= 15 is 0 Å². The van der Waals surface area contributed by atoms with Crippen LogP contribution >= 0.6 is 0 Å². The fraction of sp³-hybridized carbons (Fsp3) is 0.375. The molecule has 0 spiro atoms. The molecule has 0 radical (unpaired) electrons. The molecule has 0 saturated heterocycles. The third-order valence-corrected chi connectivity index (χ3v) is 2.95. The van der Waals surface area contributed by atoms with E-state index in [9.17, 15) is 4.79 Å². The Morgan fingerprint density at radius 3 is 2.80 bits per heavy atom. The molecule has 0 bridgehead atoms. The number of nitrogens with zero attached hydrogens (tertiary/aromatic N) is 2. The number of benzene rings is 1. The van der Waals surface area contributed by atoms with Crippen LogP contribution in [0.4, 0.5) is 0 Å². The minimum atomic E-state index is -0.0100. The highest BCUT2D eigenvalue weighted by atomic mass is 16.5. The van der Waals surface area contributed by atoms with Crippen molar-refractivity contribution in [3.63, 3.8) is 0 Å². The van der Waals surface area contributed by atoms with Gasteiger partial charge in [0.25, 0.3) is 0 Å². The number of carbonyl (C=O) groups excluding carboxylic acids is 1. The topological polar surface area (TPSA) is 44.1 Å². The molecule has 1 aromatic carbocycles. The standard InChI is InChI=1S/C16H20N2O2/c1-5-15-14(10-18(4)17-15)16(19)12-7-6-8-13(9-12)20-11(2)3/h6-11H,5H2,1-4H3. The Kier molecular flexibility index (Phi) is 4.23. The van der Waals surface area contributed by atoms with Gasteiger partial charge in [-0.15, -0.1) is 0 Å². The Balaban J connectivity index is 2.33. The SMILES string of the molecule is CCc1nn(C)cc1C(=O)c1cccc(OC(C)C)c1. The number of aryl methyl sites for hydroxylation is 2. The molecule has 4 nitrogen and oxygen atoms in total. The van der Waals surface area contributed by atoms with Gasteiger partial charge in [-0.2, -0.15) is 5.10 Å². The Morgan fingerprint density at radius 1 is 1.40 bits per heavy atom. The fourth-order valence-corrected chi connectivity index (χ4v) is 2.12. The molecule has 106 valence electrons. The van der Waals surface area contributed by atoms with Crippen LogP contribution in [0.3, 0.4) is 0 Å². The lowest BCUT2D eigenvalue weighted by Gasteiger charge is -2.10. The molecule has 0 fully saturated rings. The maximum atomic E-state index is 12.6. The van der Waals surface area contributed by atoms with E-state index in [4.69, 9.17) is 4.74 Å². The predicted octanol–water partition coefficient (Wildman–Crippen LogP) is 3.00. The summed E-state index contributed by atoms with van der Waals surface area (Å²) in [6, 6.07) is 7.30. The molecule has 0 aliphatic carbocycles. The highest BCUT2D eigenvalue weighted by molar-refractivity contribution is 6.09. The van der Waals surface area contributed by atoms with E-state index in [0.29, 0.717) is 16.9 Å². The molecule has 4 heteroatoms. The van der Waals surface area contributed by atoms with Crippen LogP contribution in [0.15, 0.2) is 30.5 Å². The van der Waals surface area contributed by atoms with Crippen molar-refractivity contribution in [2.24, 2.45) is 7.05 Å². The molecule has 1 aromatic heterocycles. The van der Waals surface area contributed by atoms with Gasteiger partial charge in [0.2, 0.25) is 0 Å². The average molecular weight is 272 g/mol. The van der Waals surface area contributed by atoms with E-state index < -0.39 is 0 Å². The third kappa shape index (κ3) is 3.07. The van der Waals surface area contributed by atoms with E-state index in [1.165, 1.54) is 0 Å². The lowest BCUT2D eigenvalue weighted by molar-refractivity contribution is 0.103. The fourth-order valence-electron chi connectivity index (χ4n) is 2.12. The van der Waals surface area contributed by atoms with Crippen LogP contribution < -0.4 is 4.74 Å². The predicted molar refractivity (Wildman–Crippen MR) is 78.2 cm³/mol. The summed E-state index contributed by atoms with van der Waals surface area (Å²) in [4.78, 5) is 12.6. The van der Waals surface area contributed by atoms with Gasteiger partial charge in [-0.05, 0) is 32.4 Å². The van der Waals surface area contributed by atoms with E-state index in [1.807, 2.05) is 46.0 Å². The molecule has 0 amide bonds. The largest absolute Gasteiger partial charge is 0.491 e. The minimum Gasteiger partial charge on any atom is -0.491 e. The third-order valence-electron chi connectivity index (χ3n) is 2.95. The van der Waals surface area contributed by atoms with Crippen molar-refractivity contribution in [3.8, 4) is 5.75 Å². The average Bonchev–Trinajstić information content (AvgIpc) is 2.78. The Labute approximate surface area is 119 Å². The zero-order valence-corrected chi connectivity index (χ0v) is 12.4. The molecule has 2 aromatic rings. The Morgan fingerprint density at radius 2 is 2.15 bits per heavy atom. The number of ketones is 1. The highest BCUT2D eigenvalue weighted by Gasteiger charge is 2.16. The smallest absolute Gasteiger partial charge is 0.196 e. The number of carbonyl (C=O) groups is 1. The summed E-state index contributed by atoms with van der Waals surface area (Å²) in [5, 5.41) is 4.31. The molecule has 0 unspecified atom stereocenters. The monoisotopic (exact) mass is 272 g/mol. The molecule has 20 heavy (non-hydrogen) atoms. The zero-order valence-electron chi connectivity index (χ0n) is 12.4. The second-order valence-electron chi connectivity index (χ2n) is 5.04. The maximum Gasteiger partial charge on any atom is 0.196 e. The van der Waals surface area contributed by atoms with E-state index in [2.05, 4.69) is 5.10 Å². The number of ether oxygens (including phenoxy) is 1. The van der Waals surface area contributed by atoms with Crippen LogP contribution in [-0.2, 0) is 13.5 Å². The molecule has 2 rings (SSSR count). The van der Waals surface area contributed by atoms with Gasteiger partial charge in [0, 0.05) is 18.8 Å². The van der Waals surface area contributed by atoms with Gasteiger partial charge < -0.3 is 4.74 Å². The second-order valence-corrected chi connectivity index (χ2v) is 5.04. The normalized spacial score (nSPS) is 10.8. The Hall–Kier alpha value is -2.10. The Bertz CT molecular complexity index is 615. The summed E-state index contributed by atoms with van der Waals surface area (Å²) in [5.74, 6) is 0.706. The van der Waals surface area contributed by atoms with Gasteiger partial charge in [0.1, 0.15) is 5.75 Å². The second kappa shape index (κ2) is 5.90. The van der Waals surface area contributed by atoms with Crippen LogP contribution in [0.25, 0.3) is 0 Å². The zero-order chi connectivity index (χ0) is 14.7. The summed E-state index contributed by atoms with van der Waals surface area (Å²) in [7, 11) is 1.83. The molecular weight excluding hydrogens is 252 g/mol. The van der Waals surface area contributed by atoms with Crippen LogP contribution in [0, 0.1) is 0 Å². The number of aromatic nitrogens is 2. The highest BCUT2D eigenvalue weighted by Crippen LogP contribution is 2.19. The summed E-state index contributed by atoms with van der Waals surface area (Å²) >= 11 is 0. The van der Waals surface area contributed by atoms with Crippen LogP contribution in [0.2, 0.25) is 0 Å². The molecule has 0 aliphatic heterocycles. The first-order valence-electron chi connectivity index (χ1n) is 6.85. The molecule has 0 saturated carbocycles. The van der Waals surface area contributed by atoms with Crippen LogP contribution in [0.5, 0.6) is 5.75 Å². The number of rotatable bonds is 5. The van der Waals surface area contributed by atoms with Gasteiger partial charge in [-0.1, -0.05) is 19.1 Å². The molecule has 0 N–H and O–H groups in total. The first-order chi connectivity index (χ1) is 9.51. The van der Waals surface area contributed by atoms with Crippen molar-refractivity contribution >= 4 is 5.78 Å². The van der Waals surface area contributed by atoms with Gasteiger partial charge in [-0.25, -0.2) is 0 Å². The van der Waals surface area contributed by atoms with Crippen molar-refractivity contribution in [2.75, 3.05) is 0 Å². The van der Waals surface area contributed by atoms with Crippen molar-refractivity contribution in [1.82, 2.24) is 9.78 Å². The maximum absolute atomic E-state index is 12.6. The number of hydrogen-bond donors (Lipinski definition) is 0. The minimum absolute atomic E-state index is 0.0100. The van der Waals surface area contributed by atoms with Gasteiger partial charge in [0.05, 0.1) is 17.4 Å². The van der Waals surface area contributed by atoms with E-state index in [1.54, 1.807) is 16.9 Å². The van der Waals surface area contributed by atoms with Crippen molar-refractivity contribution < 1.29 is 9.53 Å². The summed E-state index contributed by atoms with van der Waals surface area (Å²) in [6.45, 7) is 5.92. The molecular formula is C16H20N2O2. The van der Waals surface area contributed by atoms with Gasteiger partial charge in [-0.3, -0.25) is 9.48 Å².